The smallest absolute Gasteiger partial charge is 0.0261 e. The first kappa shape index (κ1) is 12.9. The molecule has 0 aromatic carbocycles. The monoisotopic (exact) mass is 186 g/mol. The molecule has 2 nitrogen and oxygen atoms in total. The molecule has 0 amide bonds. The summed E-state index contributed by atoms with van der Waals surface area (Å²) in [5.74, 6) is 6.32. The highest BCUT2D eigenvalue weighted by molar-refractivity contribution is 4.79. The molecule has 80 valence electrons. The van der Waals surface area contributed by atoms with E-state index in [0.29, 0.717) is 6.04 Å². The van der Waals surface area contributed by atoms with Crippen LogP contribution in [0.25, 0.3) is 0 Å². The van der Waals surface area contributed by atoms with E-state index in [1.165, 1.54) is 19.3 Å². The Morgan fingerprint density at radius 3 is 2.15 bits per heavy atom. The van der Waals surface area contributed by atoms with E-state index in [4.69, 9.17) is 5.84 Å². The molecule has 13 heavy (non-hydrogen) atoms. The van der Waals surface area contributed by atoms with Gasteiger partial charge in [-0.15, -0.1) is 0 Å². The van der Waals surface area contributed by atoms with Crippen molar-refractivity contribution in [3.05, 3.63) is 0 Å². The van der Waals surface area contributed by atoms with Crippen molar-refractivity contribution < 1.29 is 0 Å². The first-order chi connectivity index (χ1) is 5.91. The van der Waals surface area contributed by atoms with Gasteiger partial charge in [0.2, 0.25) is 0 Å². The molecule has 3 N–H and O–H groups in total. The Bertz CT molecular complexity index is 127. The second kappa shape index (κ2) is 5.61. The predicted octanol–water partition coefficient (Wildman–Crippen LogP) is 2.69. The lowest BCUT2D eigenvalue weighted by atomic mass is 9.81. The highest BCUT2D eigenvalue weighted by Gasteiger charge is 2.24. The minimum Gasteiger partial charge on any atom is -0.271 e. The van der Waals surface area contributed by atoms with Crippen LogP contribution < -0.4 is 11.3 Å². The molecule has 0 heterocycles. The summed E-state index contributed by atoms with van der Waals surface area (Å²) in [6.07, 6.45) is 3.74. The summed E-state index contributed by atoms with van der Waals surface area (Å²) < 4.78 is 0. The summed E-state index contributed by atoms with van der Waals surface area (Å²) in [4.78, 5) is 0. The number of nitrogens with two attached hydrogens (primary N) is 1. The van der Waals surface area contributed by atoms with Gasteiger partial charge in [0.15, 0.2) is 0 Å². The molecule has 0 saturated heterocycles. The van der Waals surface area contributed by atoms with Gasteiger partial charge >= 0.3 is 0 Å². The van der Waals surface area contributed by atoms with Crippen molar-refractivity contribution in [2.24, 2.45) is 17.2 Å². The molecule has 2 heteroatoms. The second-order valence-electron chi connectivity index (χ2n) is 5.21. The van der Waals surface area contributed by atoms with E-state index in [-0.39, 0.29) is 5.41 Å². The summed E-state index contributed by atoms with van der Waals surface area (Å²) >= 11 is 0. The van der Waals surface area contributed by atoms with E-state index < -0.39 is 0 Å². The van der Waals surface area contributed by atoms with Crippen LogP contribution in [0.2, 0.25) is 0 Å². The topological polar surface area (TPSA) is 38.0 Å². The number of hydrazine groups is 1. The quantitative estimate of drug-likeness (QED) is 0.512. The molecular weight excluding hydrogens is 160 g/mol. The molecule has 0 radical (unpaired) electrons. The maximum Gasteiger partial charge on any atom is 0.0261 e. The predicted molar refractivity (Wildman–Crippen MR) is 59.3 cm³/mol. The Morgan fingerprint density at radius 1 is 1.31 bits per heavy atom. The highest BCUT2D eigenvalue weighted by atomic mass is 15.2. The van der Waals surface area contributed by atoms with Gasteiger partial charge in [0, 0.05) is 6.04 Å². The lowest BCUT2D eigenvalue weighted by Gasteiger charge is -2.32. The Hall–Kier alpha value is -0.0800. The zero-order chi connectivity index (χ0) is 10.5. The van der Waals surface area contributed by atoms with Gasteiger partial charge in [-0.25, -0.2) is 0 Å². The minimum absolute atomic E-state index is 0.261. The van der Waals surface area contributed by atoms with Gasteiger partial charge < -0.3 is 0 Å². The van der Waals surface area contributed by atoms with Crippen LogP contribution in [0.4, 0.5) is 0 Å². The first-order valence-corrected chi connectivity index (χ1v) is 5.38. The van der Waals surface area contributed by atoms with Gasteiger partial charge in [-0.2, -0.15) is 0 Å². The second-order valence-corrected chi connectivity index (χ2v) is 5.21. The van der Waals surface area contributed by atoms with Crippen LogP contribution in [0.15, 0.2) is 0 Å². The molecule has 0 saturated carbocycles. The molecule has 2 atom stereocenters. The molecule has 0 aromatic rings. The normalized spacial score (nSPS) is 17.1. The fourth-order valence-electron chi connectivity index (χ4n) is 1.68. The summed E-state index contributed by atoms with van der Waals surface area (Å²) in [6.45, 7) is 11.2. The third-order valence-corrected chi connectivity index (χ3v) is 2.67. The third kappa shape index (κ3) is 5.27. The van der Waals surface area contributed by atoms with Gasteiger partial charge in [-0.3, -0.25) is 11.3 Å². The zero-order valence-electron chi connectivity index (χ0n) is 9.85. The molecule has 0 aliphatic rings. The average molecular weight is 186 g/mol. The van der Waals surface area contributed by atoms with Crippen LogP contribution in [0, 0.1) is 11.3 Å². The first-order valence-electron chi connectivity index (χ1n) is 5.38. The van der Waals surface area contributed by atoms with E-state index >= 15 is 0 Å². The van der Waals surface area contributed by atoms with Crippen LogP contribution >= 0.6 is 0 Å². The van der Waals surface area contributed by atoms with E-state index in [0.717, 1.165) is 5.92 Å². The summed E-state index contributed by atoms with van der Waals surface area (Å²) in [6, 6.07) is 0.425. The average Bonchev–Trinajstić information content (AvgIpc) is 1.98. The Morgan fingerprint density at radius 2 is 1.85 bits per heavy atom. The maximum atomic E-state index is 5.55. The maximum absolute atomic E-state index is 5.55. The van der Waals surface area contributed by atoms with E-state index in [1.54, 1.807) is 0 Å². The van der Waals surface area contributed by atoms with Crippen LogP contribution in [0.1, 0.15) is 53.9 Å². The number of hydrogen-bond acceptors (Lipinski definition) is 2. The molecule has 0 spiro atoms. The van der Waals surface area contributed by atoms with E-state index in [2.05, 4.69) is 40.0 Å². The van der Waals surface area contributed by atoms with Crippen LogP contribution in [-0.2, 0) is 0 Å². The highest BCUT2D eigenvalue weighted by Crippen LogP contribution is 2.25. The molecule has 0 rings (SSSR count). The van der Waals surface area contributed by atoms with Gasteiger partial charge in [-0.05, 0) is 17.8 Å². The number of hydrogen-bond donors (Lipinski definition) is 2. The van der Waals surface area contributed by atoms with Crippen molar-refractivity contribution in [2.45, 2.75) is 59.9 Å². The lowest BCUT2D eigenvalue weighted by molar-refractivity contribution is 0.227. The standard InChI is InChI=1S/C11H26N2/c1-6-7-9(2)8-10(13-12)11(3,4)5/h9-10,13H,6-8,12H2,1-5H3. The summed E-state index contributed by atoms with van der Waals surface area (Å²) in [5, 5.41) is 0. The molecule has 2 unspecified atom stereocenters. The lowest BCUT2D eigenvalue weighted by Crippen LogP contribution is -2.45. The van der Waals surface area contributed by atoms with E-state index in [9.17, 15) is 0 Å². The van der Waals surface area contributed by atoms with Crippen molar-refractivity contribution in [1.29, 1.82) is 0 Å². The van der Waals surface area contributed by atoms with Crippen molar-refractivity contribution >= 4 is 0 Å². The fourth-order valence-corrected chi connectivity index (χ4v) is 1.68. The van der Waals surface area contributed by atoms with Gasteiger partial charge in [0.05, 0.1) is 0 Å². The molecule has 0 aliphatic carbocycles. The van der Waals surface area contributed by atoms with Crippen molar-refractivity contribution in [3.63, 3.8) is 0 Å². The van der Waals surface area contributed by atoms with Crippen molar-refractivity contribution in [1.82, 2.24) is 5.43 Å². The van der Waals surface area contributed by atoms with Crippen LogP contribution in [0.5, 0.6) is 0 Å². The SMILES string of the molecule is CCCC(C)CC(NN)C(C)(C)C. The van der Waals surface area contributed by atoms with E-state index in [1.807, 2.05) is 0 Å². The molecule has 0 aromatic heterocycles. The Labute approximate surface area is 83.2 Å². The Balaban J connectivity index is 3.98. The number of rotatable bonds is 5. The Kier molecular flexibility index (Phi) is 5.57. The molecule has 0 bridgehead atoms. The van der Waals surface area contributed by atoms with Crippen molar-refractivity contribution in [3.8, 4) is 0 Å². The van der Waals surface area contributed by atoms with Crippen LogP contribution in [-0.4, -0.2) is 6.04 Å². The third-order valence-electron chi connectivity index (χ3n) is 2.67. The molecule has 0 aliphatic heterocycles. The zero-order valence-corrected chi connectivity index (χ0v) is 9.85. The number of nitrogens with one attached hydrogen (secondary N) is 1. The largest absolute Gasteiger partial charge is 0.271 e. The van der Waals surface area contributed by atoms with Gasteiger partial charge in [-0.1, -0.05) is 47.5 Å². The summed E-state index contributed by atoms with van der Waals surface area (Å²) in [7, 11) is 0. The van der Waals surface area contributed by atoms with Crippen LogP contribution in [0.3, 0.4) is 0 Å². The molecule has 0 fully saturated rings. The molecular formula is C11H26N2. The fraction of sp³-hybridized carbons (Fsp3) is 1.00. The van der Waals surface area contributed by atoms with Gasteiger partial charge in [0.25, 0.3) is 0 Å². The minimum atomic E-state index is 0.261. The van der Waals surface area contributed by atoms with Crippen molar-refractivity contribution in [2.75, 3.05) is 0 Å². The van der Waals surface area contributed by atoms with Gasteiger partial charge in [0.1, 0.15) is 0 Å². The summed E-state index contributed by atoms with van der Waals surface area (Å²) in [5.41, 5.74) is 3.19.